The van der Waals surface area contributed by atoms with Crippen LogP contribution >= 0.6 is 0 Å². The number of unbranched alkanes of at least 4 members (excludes halogenated alkanes) is 2. The molecule has 0 unspecified atom stereocenters. The molecule has 0 amide bonds. The molecule has 3 nitrogen and oxygen atoms in total. The van der Waals surface area contributed by atoms with Crippen LogP contribution in [0.25, 0.3) is 10.8 Å². The van der Waals surface area contributed by atoms with Crippen LogP contribution in [0.4, 0.5) is 0 Å². The molecule has 0 aromatic heterocycles. The van der Waals surface area contributed by atoms with Gasteiger partial charge in [-0.1, -0.05) is 79.2 Å². The number of esters is 1. The van der Waals surface area contributed by atoms with Crippen molar-refractivity contribution in [2.45, 2.75) is 38.7 Å². The van der Waals surface area contributed by atoms with Crippen molar-refractivity contribution >= 4 is 16.7 Å². The molecule has 0 heterocycles. The molecule has 0 radical (unpaired) electrons. The van der Waals surface area contributed by atoms with E-state index >= 15 is 0 Å². The Balaban J connectivity index is 1.21. The maximum atomic E-state index is 11.7. The molecule has 0 spiro atoms. The summed E-state index contributed by atoms with van der Waals surface area (Å²) in [6, 6.07) is 25.0. The minimum atomic E-state index is -0.146. The monoisotopic (exact) mass is 375 g/mol. The third-order valence-electron chi connectivity index (χ3n) is 4.88. The van der Waals surface area contributed by atoms with E-state index in [1.54, 1.807) is 0 Å². The molecule has 0 saturated heterocycles. The first-order valence-corrected chi connectivity index (χ1v) is 10.2. The van der Waals surface area contributed by atoms with E-state index in [0.717, 1.165) is 24.9 Å². The Labute approximate surface area is 167 Å². The van der Waals surface area contributed by atoms with Crippen molar-refractivity contribution in [1.29, 1.82) is 0 Å². The van der Waals surface area contributed by atoms with Crippen LogP contribution in [0, 0.1) is 0 Å². The summed E-state index contributed by atoms with van der Waals surface area (Å²) in [4.78, 5) is 11.7. The minimum Gasteiger partial charge on any atom is -0.461 e. The van der Waals surface area contributed by atoms with E-state index in [9.17, 15) is 4.79 Å². The average Bonchev–Trinajstić information content (AvgIpc) is 2.74. The van der Waals surface area contributed by atoms with Gasteiger partial charge in [-0.15, -0.1) is 0 Å². The lowest BCUT2D eigenvalue weighted by atomic mass is 10.0. The SMILES string of the molecule is O=C(CCNCCCCCc1ccc2ccccc2c1)OCc1ccccc1. The molecule has 0 saturated carbocycles. The van der Waals surface area contributed by atoms with Gasteiger partial charge in [0.05, 0.1) is 6.42 Å². The Bertz CT molecular complexity index is 861. The van der Waals surface area contributed by atoms with E-state index in [2.05, 4.69) is 47.8 Å². The van der Waals surface area contributed by atoms with Crippen molar-refractivity contribution in [3.63, 3.8) is 0 Å². The molecule has 28 heavy (non-hydrogen) atoms. The van der Waals surface area contributed by atoms with Gasteiger partial charge in [0.1, 0.15) is 6.61 Å². The van der Waals surface area contributed by atoms with Crippen LogP contribution in [-0.2, 0) is 22.6 Å². The molecule has 0 bridgehead atoms. The Hall–Kier alpha value is -2.65. The number of aryl methyl sites for hydroxylation is 1. The largest absolute Gasteiger partial charge is 0.461 e. The van der Waals surface area contributed by atoms with Crippen molar-refractivity contribution in [3.05, 3.63) is 83.9 Å². The van der Waals surface area contributed by atoms with E-state index in [1.165, 1.54) is 29.2 Å². The van der Waals surface area contributed by atoms with Gasteiger partial charge in [0.15, 0.2) is 0 Å². The van der Waals surface area contributed by atoms with Gasteiger partial charge < -0.3 is 10.1 Å². The third-order valence-corrected chi connectivity index (χ3v) is 4.88. The molecule has 3 rings (SSSR count). The van der Waals surface area contributed by atoms with Crippen LogP contribution in [0.15, 0.2) is 72.8 Å². The highest BCUT2D eigenvalue weighted by Crippen LogP contribution is 2.17. The highest BCUT2D eigenvalue weighted by Gasteiger charge is 2.03. The number of nitrogens with one attached hydrogen (secondary N) is 1. The van der Waals surface area contributed by atoms with Crippen molar-refractivity contribution < 1.29 is 9.53 Å². The molecular formula is C25H29NO2. The van der Waals surface area contributed by atoms with Gasteiger partial charge in [-0.3, -0.25) is 4.79 Å². The van der Waals surface area contributed by atoms with Gasteiger partial charge in [0, 0.05) is 6.54 Å². The number of ether oxygens (including phenoxy) is 1. The standard InChI is InChI=1S/C25H29NO2/c27-25(28-20-22-10-3-1-4-11-22)16-18-26-17-8-2-5-9-21-14-15-23-12-6-7-13-24(23)19-21/h1,3-4,6-7,10-15,19,26H,2,5,8-9,16-18,20H2. The van der Waals surface area contributed by atoms with Crippen LogP contribution in [0.2, 0.25) is 0 Å². The van der Waals surface area contributed by atoms with Gasteiger partial charge in [-0.2, -0.15) is 0 Å². The van der Waals surface area contributed by atoms with E-state index < -0.39 is 0 Å². The average molecular weight is 376 g/mol. The number of fused-ring (bicyclic) bond motifs is 1. The van der Waals surface area contributed by atoms with Gasteiger partial charge in [0.25, 0.3) is 0 Å². The van der Waals surface area contributed by atoms with Crippen molar-refractivity contribution in [1.82, 2.24) is 5.32 Å². The molecule has 3 heteroatoms. The molecule has 0 aliphatic rings. The Morgan fingerprint density at radius 1 is 0.750 bits per heavy atom. The second-order valence-corrected chi connectivity index (χ2v) is 7.14. The van der Waals surface area contributed by atoms with Crippen LogP contribution in [0.1, 0.15) is 36.8 Å². The Kier molecular flexibility index (Phi) is 8.07. The lowest BCUT2D eigenvalue weighted by Crippen LogP contribution is -2.20. The minimum absolute atomic E-state index is 0.146. The molecule has 1 N–H and O–H groups in total. The molecule has 3 aromatic carbocycles. The summed E-state index contributed by atoms with van der Waals surface area (Å²) in [6.45, 7) is 1.98. The normalized spacial score (nSPS) is 10.9. The molecule has 3 aromatic rings. The zero-order chi connectivity index (χ0) is 19.4. The molecule has 0 atom stereocenters. The fraction of sp³-hybridized carbons (Fsp3) is 0.320. The fourth-order valence-corrected chi connectivity index (χ4v) is 3.28. The summed E-state index contributed by atoms with van der Waals surface area (Å²) in [6.07, 6.45) is 5.06. The Morgan fingerprint density at radius 3 is 2.39 bits per heavy atom. The van der Waals surface area contributed by atoms with Crippen molar-refractivity contribution in [3.8, 4) is 0 Å². The van der Waals surface area contributed by atoms with Crippen molar-refractivity contribution in [2.24, 2.45) is 0 Å². The van der Waals surface area contributed by atoms with Gasteiger partial charge in [-0.05, 0) is 47.7 Å². The molecule has 0 aliphatic heterocycles. The number of hydrogen-bond acceptors (Lipinski definition) is 3. The summed E-state index contributed by atoms with van der Waals surface area (Å²) < 4.78 is 5.27. The van der Waals surface area contributed by atoms with E-state index in [0.29, 0.717) is 19.6 Å². The van der Waals surface area contributed by atoms with E-state index in [-0.39, 0.29) is 5.97 Å². The summed E-state index contributed by atoms with van der Waals surface area (Å²) in [5.74, 6) is -0.146. The maximum Gasteiger partial charge on any atom is 0.307 e. The second-order valence-electron chi connectivity index (χ2n) is 7.14. The predicted molar refractivity (Wildman–Crippen MR) is 115 cm³/mol. The van der Waals surface area contributed by atoms with Crippen LogP contribution in [0.5, 0.6) is 0 Å². The third kappa shape index (κ3) is 6.82. The summed E-state index contributed by atoms with van der Waals surface area (Å²) in [5, 5.41) is 5.96. The summed E-state index contributed by atoms with van der Waals surface area (Å²) >= 11 is 0. The predicted octanol–water partition coefficient (Wildman–Crippen LogP) is 5.28. The van der Waals surface area contributed by atoms with Gasteiger partial charge >= 0.3 is 5.97 Å². The molecule has 146 valence electrons. The lowest BCUT2D eigenvalue weighted by Gasteiger charge is -2.07. The first-order chi connectivity index (χ1) is 13.8. The number of benzene rings is 3. The molecule has 0 fully saturated rings. The summed E-state index contributed by atoms with van der Waals surface area (Å²) in [7, 11) is 0. The second kappa shape index (κ2) is 11.3. The smallest absolute Gasteiger partial charge is 0.307 e. The fourth-order valence-electron chi connectivity index (χ4n) is 3.28. The lowest BCUT2D eigenvalue weighted by molar-refractivity contribution is -0.144. The van der Waals surface area contributed by atoms with Crippen LogP contribution in [-0.4, -0.2) is 19.1 Å². The van der Waals surface area contributed by atoms with Crippen molar-refractivity contribution in [2.75, 3.05) is 13.1 Å². The van der Waals surface area contributed by atoms with E-state index in [4.69, 9.17) is 4.74 Å². The summed E-state index contributed by atoms with van der Waals surface area (Å²) in [5.41, 5.74) is 2.43. The van der Waals surface area contributed by atoms with E-state index in [1.807, 2.05) is 30.3 Å². The number of carbonyl (C=O) groups is 1. The number of hydrogen-bond donors (Lipinski definition) is 1. The topological polar surface area (TPSA) is 38.3 Å². The van der Waals surface area contributed by atoms with Crippen LogP contribution in [0.3, 0.4) is 0 Å². The highest BCUT2D eigenvalue weighted by molar-refractivity contribution is 5.82. The number of carbonyl (C=O) groups excluding carboxylic acids is 1. The van der Waals surface area contributed by atoms with Gasteiger partial charge in [-0.25, -0.2) is 0 Å². The first kappa shape index (κ1) is 20.1. The maximum absolute atomic E-state index is 11.7. The Morgan fingerprint density at radius 2 is 1.54 bits per heavy atom. The van der Waals surface area contributed by atoms with Crippen LogP contribution < -0.4 is 5.32 Å². The first-order valence-electron chi connectivity index (χ1n) is 10.2. The number of rotatable bonds is 11. The quantitative estimate of drug-likeness (QED) is 0.366. The zero-order valence-electron chi connectivity index (χ0n) is 16.4. The highest BCUT2D eigenvalue weighted by atomic mass is 16.5. The molecular weight excluding hydrogens is 346 g/mol. The zero-order valence-corrected chi connectivity index (χ0v) is 16.4. The van der Waals surface area contributed by atoms with Gasteiger partial charge in [0.2, 0.25) is 0 Å². The molecule has 0 aliphatic carbocycles.